The van der Waals surface area contributed by atoms with Crippen LogP contribution in [0.15, 0.2) is 11.5 Å². The number of fused-ring (bicyclic) bond motifs is 1. The van der Waals surface area contributed by atoms with Crippen molar-refractivity contribution in [2.24, 2.45) is 17.8 Å². The molecule has 1 aromatic rings. The van der Waals surface area contributed by atoms with Gasteiger partial charge in [0, 0.05) is 5.38 Å². The number of hydrogen-bond acceptors (Lipinski definition) is 4. The Hall–Kier alpha value is -1.36. The number of anilines is 1. The van der Waals surface area contributed by atoms with E-state index in [1.165, 1.54) is 30.6 Å². The average Bonchev–Trinajstić information content (AvgIpc) is 2.73. The van der Waals surface area contributed by atoms with Gasteiger partial charge in [0.05, 0.1) is 11.3 Å². The summed E-state index contributed by atoms with van der Waals surface area (Å²) in [5.74, 6) is 0.999. The Bertz CT molecular complexity index is 484. The Labute approximate surface area is 103 Å². The van der Waals surface area contributed by atoms with Gasteiger partial charge >= 0.3 is 5.97 Å². The van der Waals surface area contributed by atoms with Crippen LogP contribution in [-0.4, -0.2) is 16.1 Å². The van der Waals surface area contributed by atoms with Crippen LogP contribution in [0.4, 0.5) is 5.13 Å². The molecule has 1 aromatic heterocycles. The third-order valence-electron chi connectivity index (χ3n) is 3.86. The van der Waals surface area contributed by atoms with Gasteiger partial charge < -0.3 is 10.8 Å². The highest BCUT2D eigenvalue weighted by Gasteiger charge is 2.51. The second-order valence-electron chi connectivity index (χ2n) is 4.79. The van der Waals surface area contributed by atoms with Gasteiger partial charge in [-0.3, -0.25) is 0 Å². The summed E-state index contributed by atoms with van der Waals surface area (Å²) < 4.78 is 0. The first-order valence-corrected chi connectivity index (χ1v) is 6.71. The smallest absolute Gasteiger partial charge is 0.337 e. The Morgan fingerprint density at radius 1 is 1.53 bits per heavy atom. The van der Waals surface area contributed by atoms with E-state index in [1.54, 1.807) is 5.38 Å². The molecule has 0 radical (unpaired) electrons. The van der Waals surface area contributed by atoms with Crippen LogP contribution in [0.5, 0.6) is 0 Å². The number of rotatable bonds is 3. The maximum Gasteiger partial charge on any atom is 0.337 e. The Morgan fingerprint density at radius 2 is 2.24 bits per heavy atom. The average molecular weight is 250 g/mol. The minimum Gasteiger partial charge on any atom is -0.478 e. The van der Waals surface area contributed by atoms with Gasteiger partial charge in [0.2, 0.25) is 0 Å². The predicted molar refractivity (Wildman–Crippen MR) is 66.5 cm³/mol. The molecule has 2 aliphatic carbocycles. The minimum atomic E-state index is -0.903. The number of allylic oxidation sites excluding steroid dienone is 1. The highest BCUT2D eigenvalue weighted by molar-refractivity contribution is 7.13. The van der Waals surface area contributed by atoms with Crippen LogP contribution in [0, 0.1) is 17.8 Å². The van der Waals surface area contributed by atoms with E-state index in [0.29, 0.717) is 22.3 Å². The number of thiazole rings is 1. The van der Waals surface area contributed by atoms with Crippen molar-refractivity contribution >= 4 is 28.0 Å². The number of nitrogens with two attached hydrogens (primary N) is 1. The first-order valence-electron chi connectivity index (χ1n) is 5.83. The molecule has 3 rings (SSSR count). The van der Waals surface area contributed by atoms with Crippen molar-refractivity contribution in [3.05, 3.63) is 17.2 Å². The van der Waals surface area contributed by atoms with Crippen molar-refractivity contribution in [1.29, 1.82) is 0 Å². The normalized spacial score (nSPS) is 31.3. The lowest BCUT2D eigenvalue weighted by Crippen LogP contribution is -2.02. The third-order valence-corrected chi connectivity index (χ3v) is 4.53. The molecule has 0 amide bonds. The summed E-state index contributed by atoms with van der Waals surface area (Å²) in [5, 5.41) is 11.4. The maximum atomic E-state index is 11.2. The SMILES string of the molecule is Nc1nc(C(=CC2C3CCCC23)C(=O)O)cs1. The monoisotopic (exact) mass is 250 g/mol. The van der Waals surface area contributed by atoms with Crippen molar-refractivity contribution in [1.82, 2.24) is 4.98 Å². The number of nitrogen functional groups attached to an aromatic ring is 1. The van der Waals surface area contributed by atoms with Gasteiger partial charge in [0.15, 0.2) is 5.13 Å². The van der Waals surface area contributed by atoms with E-state index in [9.17, 15) is 9.90 Å². The quantitative estimate of drug-likeness (QED) is 0.807. The second-order valence-corrected chi connectivity index (χ2v) is 5.68. The molecule has 1 heterocycles. The van der Waals surface area contributed by atoms with Crippen LogP contribution in [0.3, 0.4) is 0 Å². The molecule has 5 heteroatoms. The summed E-state index contributed by atoms with van der Waals surface area (Å²) in [6, 6.07) is 0. The lowest BCUT2D eigenvalue weighted by molar-refractivity contribution is -0.130. The predicted octanol–water partition coefficient (Wildman–Crippen LogP) is 2.24. The zero-order valence-electron chi connectivity index (χ0n) is 9.30. The fourth-order valence-electron chi connectivity index (χ4n) is 2.99. The molecule has 0 aromatic carbocycles. The topological polar surface area (TPSA) is 76.2 Å². The molecular formula is C12H14N2O2S. The summed E-state index contributed by atoms with van der Waals surface area (Å²) in [5.41, 5.74) is 6.36. The fourth-order valence-corrected chi connectivity index (χ4v) is 3.56. The number of hydrogen-bond donors (Lipinski definition) is 2. The molecule has 3 N–H and O–H groups in total. The molecule has 2 saturated carbocycles. The Morgan fingerprint density at radius 3 is 2.76 bits per heavy atom. The van der Waals surface area contributed by atoms with E-state index in [-0.39, 0.29) is 0 Å². The van der Waals surface area contributed by atoms with Crippen molar-refractivity contribution in [3.63, 3.8) is 0 Å². The molecule has 2 unspecified atom stereocenters. The first kappa shape index (κ1) is 10.8. The maximum absolute atomic E-state index is 11.2. The zero-order valence-corrected chi connectivity index (χ0v) is 10.1. The molecule has 0 aliphatic heterocycles. The van der Waals surface area contributed by atoms with E-state index in [2.05, 4.69) is 4.98 Å². The van der Waals surface area contributed by atoms with E-state index in [1.807, 2.05) is 6.08 Å². The molecule has 0 saturated heterocycles. The van der Waals surface area contributed by atoms with Gasteiger partial charge in [-0.05, 0) is 30.6 Å². The van der Waals surface area contributed by atoms with Crippen molar-refractivity contribution in [2.45, 2.75) is 19.3 Å². The number of carbonyl (C=O) groups is 1. The van der Waals surface area contributed by atoms with Crippen molar-refractivity contribution in [2.75, 3.05) is 5.73 Å². The van der Waals surface area contributed by atoms with Gasteiger partial charge in [0.1, 0.15) is 0 Å². The second kappa shape index (κ2) is 3.84. The lowest BCUT2D eigenvalue weighted by Gasteiger charge is -2.00. The minimum absolute atomic E-state index is 0.317. The molecule has 90 valence electrons. The molecule has 2 aliphatic rings. The molecule has 0 bridgehead atoms. The van der Waals surface area contributed by atoms with Gasteiger partial charge in [-0.15, -0.1) is 11.3 Å². The summed E-state index contributed by atoms with van der Waals surface area (Å²) >= 11 is 1.28. The molecule has 0 spiro atoms. The van der Waals surface area contributed by atoms with Crippen LogP contribution < -0.4 is 5.73 Å². The molecular weight excluding hydrogens is 236 g/mol. The fraction of sp³-hybridized carbons (Fsp3) is 0.500. The van der Waals surface area contributed by atoms with E-state index in [0.717, 1.165) is 11.8 Å². The van der Waals surface area contributed by atoms with Crippen molar-refractivity contribution in [3.8, 4) is 0 Å². The number of nitrogens with zero attached hydrogens (tertiary/aromatic N) is 1. The molecule has 2 fully saturated rings. The number of aromatic nitrogens is 1. The highest BCUT2D eigenvalue weighted by atomic mass is 32.1. The van der Waals surface area contributed by atoms with Crippen LogP contribution in [0.25, 0.3) is 5.57 Å². The lowest BCUT2D eigenvalue weighted by atomic mass is 10.1. The molecule has 17 heavy (non-hydrogen) atoms. The summed E-state index contributed by atoms with van der Waals surface area (Å²) in [7, 11) is 0. The molecule has 4 nitrogen and oxygen atoms in total. The van der Waals surface area contributed by atoms with Gasteiger partial charge in [-0.25, -0.2) is 9.78 Å². The summed E-state index contributed by atoms with van der Waals surface area (Å²) in [4.78, 5) is 15.3. The van der Waals surface area contributed by atoms with Crippen molar-refractivity contribution < 1.29 is 9.90 Å². The van der Waals surface area contributed by atoms with Gasteiger partial charge in [-0.2, -0.15) is 0 Å². The highest BCUT2D eigenvalue weighted by Crippen LogP contribution is 2.58. The standard InChI is InChI=1S/C12H14N2O2S/c13-12-14-10(5-17-12)9(11(15)16)4-8-6-2-1-3-7(6)8/h4-8H,1-3H2,(H2,13,14)(H,15,16). The Kier molecular flexibility index (Phi) is 2.43. The van der Waals surface area contributed by atoms with Crippen LogP contribution in [0.1, 0.15) is 25.0 Å². The van der Waals surface area contributed by atoms with E-state index < -0.39 is 5.97 Å². The molecule has 2 atom stereocenters. The van der Waals surface area contributed by atoms with Crippen LogP contribution >= 0.6 is 11.3 Å². The number of aliphatic carboxylic acids is 1. The van der Waals surface area contributed by atoms with E-state index in [4.69, 9.17) is 5.73 Å². The van der Waals surface area contributed by atoms with Crippen LogP contribution in [-0.2, 0) is 4.79 Å². The Balaban J connectivity index is 1.86. The van der Waals surface area contributed by atoms with Crippen LogP contribution in [0.2, 0.25) is 0 Å². The number of carboxylic acid groups (broad SMARTS) is 1. The summed E-state index contributed by atoms with van der Waals surface area (Å²) in [6.07, 6.45) is 5.69. The third kappa shape index (κ3) is 1.84. The van der Waals surface area contributed by atoms with Gasteiger partial charge in [-0.1, -0.05) is 12.5 Å². The van der Waals surface area contributed by atoms with Gasteiger partial charge in [0.25, 0.3) is 0 Å². The largest absolute Gasteiger partial charge is 0.478 e. The first-order chi connectivity index (χ1) is 8.16. The zero-order chi connectivity index (χ0) is 12.0. The summed E-state index contributed by atoms with van der Waals surface area (Å²) in [6.45, 7) is 0. The number of carboxylic acids is 1. The van der Waals surface area contributed by atoms with E-state index >= 15 is 0 Å².